The Morgan fingerprint density at radius 2 is 1.10 bits per heavy atom. The predicted molar refractivity (Wildman–Crippen MR) is 96.2 cm³/mol. The largest absolute Gasteiger partial charge is 0.143 e. The van der Waals surface area contributed by atoms with E-state index in [1.807, 2.05) is 62.4 Å². The van der Waals surface area contributed by atoms with Crippen LogP contribution in [0.4, 0.5) is 0 Å². The van der Waals surface area contributed by atoms with Crippen molar-refractivity contribution >= 4 is 36.0 Å². The van der Waals surface area contributed by atoms with Crippen molar-refractivity contribution in [3.05, 3.63) is 72.8 Å². The molecule has 0 aliphatic carbocycles. The molecule has 3 rings (SSSR count). The lowest BCUT2D eigenvalue weighted by molar-refractivity contribution is 1.48. The highest BCUT2D eigenvalue weighted by Gasteiger charge is 1.90. The van der Waals surface area contributed by atoms with E-state index in [4.69, 9.17) is 0 Å². The summed E-state index contributed by atoms with van der Waals surface area (Å²) < 4.78 is 0. The summed E-state index contributed by atoms with van der Waals surface area (Å²) in [5.74, 6) is 0. The molecule has 3 aromatic carbocycles. The minimum absolute atomic E-state index is 1.02. The second-order valence-corrected chi connectivity index (χ2v) is 4.90. The maximum Gasteiger partial charge on any atom is 0.00463 e. The fourth-order valence-electron chi connectivity index (χ4n) is 1.60. The molecular formula is C18H20S2. The van der Waals surface area contributed by atoms with Crippen molar-refractivity contribution < 1.29 is 0 Å². The van der Waals surface area contributed by atoms with Crippen LogP contribution < -0.4 is 0 Å². The summed E-state index contributed by atoms with van der Waals surface area (Å²) in [5.41, 5.74) is 0. The Morgan fingerprint density at radius 1 is 0.550 bits per heavy atom. The molecule has 3 aromatic rings. The number of benzene rings is 3. The first-order valence-corrected chi connectivity index (χ1v) is 7.57. The Bertz CT molecular complexity index is 618. The van der Waals surface area contributed by atoms with E-state index >= 15 is 0 Å². The van der Waals surface area contributed by atoms with Crippen LogP contribution >= 0.6 is 25.3 Å². The first-order chi connectivity index (χ1) is 9.75. The van der Waals surface area contributed by atoms with Gasteiger partial charge in [0, 0.05) is 9.79 Å². The van der Waals surface area contributed by atoms with Crippen molar-refractivity contribution in [3.8, 4) is 0 Å². The highest BCUT2D eigenvalue weighted by Crippen LogP contribution is 2.17. The van der Waals surface area contributed by atoms with E-state index in [1.54, 1.807) is 0 Å². The molecule has 0 N–H and O–H groups in total. The Balaban J connectivity index is 0.000000193. The van der Waals surface area contributed by atoms with Crippen molar-refractivity contribution in [2.24, 2.45) is 0 Å². The standard InChI is InChI=1S/C10H8S.C6H6S.C2H6/c11-10-6-5-8-3-1-2-4-9(8)7-10;7-6-4-2-1-3-5-6;1-2/h1-7,11H;1-5,7H;1-2H3. The van der Waals surface area contributed by atoms with E-state index in [1.165, 1.54) is 10.8 Å². The minimum Gasteiger partial charge on any atom is -0.143 e. The van der Waals surface area contributed by atoms with Gasteiger partial charge in [-0.2, -0.15) is 0 Å². The normalized spacial score (nSPS) is 9.00. The third-order valence-electron chi connectivity index (χ3n) is 2.49. The maximum absolute atomic E-state index is 4.26. The van der Waals surface area contributed by atoms with Crippen LogP contribution in [-0.4, -0.2) is 0 Å². The molecule has 0 nitrogen and oxygen atoms in total. The highest BCUT2D eigenvalue weighted by molar-refractivity contribution is 7.80. The van der Waals surface area contributed by atoms with Crippen molar-refractivity contribution in [2.75, 3.05) is 0 Å². The van der Waals surface area contributed by atoms with Gasteiger partial charge in [-0.3, -0.25) is 0 Å². The van der Waals surface area contributed by atoms with Gasteiger partial charge < -0.3 is 0 Å². The summed E-state index contributed by atoms with van der Waals surface area (Å²) in [6, 6.07) is 24.2. The van der Waals surface area contributed by atoms with Crippen LogP contribution in [0.25, 0.3) is 10.8 Å². The second-order valence-electron chi connectivity index (χ2n) is 3.87. The van der Waals surface area contributed by atoms with Crippen molar-refractivity contribution in [1.29, 1.82) is 0 Å². The molecule has 0 aromatic heterocycles. The second kappa shape index (κ2) is 9.51. The van der Waals surface area contributed by atoms with Crippen LogP contribution in [0.2, 0.25) is 0 Å². The lowest BCUT2D eigenvalue weighted by Gasteiger charge is -1.96. The number of thiol groups is 2. The van der Waals surface area contributed by atoms with Gasteiger partial charge in [0.15, 0.2) is 0 Å². The highest BCUT2D eigenvalue weighted by atomic mass is 32.1. The van der Waals surface area contributed by atoms with Crippen LogP contribution in [0.1, 0.15) is 13.8 Å². The van der Waals surface area contributed by atoms with E-state index in [2.05, 4.69) is 49.5 Å². The molecule has 0 bridgehead atoms. The molecule has 2 heteroatoms. The minimum atomic E-state index is 1.02. The average molecular weight is 300 g/mol. The molecule has 0 aliphatic rings. The van der Waals surface area contributed by atoms with E-state index < -0.39 is 0 Å². The Hall–Kier alpha value is -1.38. The Morgan fingerprint density at radius 3 is 1.65 bits per heavy atom. The van der Waals surface area contributed by atoms with Crippen molar-refractivity contribution in [2.45, 2.75) is 23.6 Å². The Kier molecular flexibility index (Phi) is 7.93. The van der Waals surface area contributed by atoms with E-state index in [0.717, 1.165) is 9.79 Å². The van der Waals surface area contributed by atoms with Crippen molar-refractivity contribution in [3.63, 3.8) is 0 Å². The molecule has 0 radical (unpaired) electrons. The van der Waals surface area contributed by atoms with Crippen LogP contribution in [-0.2, 0) is 0 Å². The number of fused-ring (bicyclic) bond motifs is 1. The molecule has 0 unspecified atom stereocenters. The molecule has 104 valence electrons. The maximum atomic E-state index is 4.26. The summed E-state index contributed by atoms with van der Waals surface area (Å²) in [7, 11) is 0. The molecule has 0 fully saturated rings. The molecule has 0 atom stereocenters. The summed E-state index contributed by atoms with van der Waals surface area (Å²) in [6.45, 7) is 4.00. The van der Waals surface area contributed by atoms with Gasteiger partial charge in [-0.05, 0) is 35.0 Å². The molecule has 0 amide bonds. The summed E-state index contributed by atoms with van der Waals surface area (Å²) in [5, 5.41) is 2.52. The first kappa shape index (κ1) is 16.7. The van der Waals surface area contributed by atoms with Crippen LogP contribution in [0.3, 0.4) is 0 Å². The van der Waals surface area contributed by atoms with Gasteiger partial charge in [-0.1, -0.05) is 62.4 Å². The zero-order valence-corrected chi connectivity index (χ0v) is 13.6. The van der Waals surface area contributed by atoms with Gasteiger partial charge in [-0.15, -0.1) is 25.3 Å². The number of rotatable bonds is 0. The van der Waals surface area contributed by atoms with Crippen LogP contribution in [0.5, 0.6) is 0 Å². The monoisotopic (exact) mass is 300 g/mol. The molecular weight excluding hydrogens is 280 g/mol. The predicted octanol–water partition coefficient (Wildman–Crippen LogP) is 6.13. The zero-order valence-electron chi connectivity index (χ0n) is 11.8. The molecule has 0 spiro atoms. The fraction of sp³-hybridized carbons (Fsp3) is 0.111. The fourth-order valence-corrected chi connectivity index (χ4v) is 1.99. The topological polar surface area (TPSA) is 0 Å². The summed E-state index contributed by atoms with van der Waals surface area (Å²) in [6.07, 6.45) is 0. The van der Waals surface area contributed by atoms with E-state index in [9.17, 15) is 0 Å². The van der Waals surface area contributed by atoms with E-state index in [-0.39, 0.29) is 0 Å². The third kappa shape index (κ3) is 5.72. The average Bonchev–Trinajstić information content (AvgIpc) is 2.50. The number of hydrogen-bond donors (Lipinski definition) is 2. The van der Waals surface area contributed by atoms with Gasteiger partial charge >= 0.3 is 0 Å². The third-order valence-corrected chi connectivity index (χ3v) is 3.07. The number of hydrogen-bond acceptors (Lipinski definition) is 2. The van der Waals surface area contributed by atoms with Crippen LogP contribution in [0.15, 0.2) is 82.6 Å². The summed E-state index contributed by atoms with van der Waals surface area (Å²) >= 11 is 8.34. The van der Waals surface area contributed by atoms with Crippen LogP contribution in [0, 0.1) is 0 Å². The van der Waals surface area contributed by atoms with Gasteiger partial charge in [0.05, 0.1) is 0 Å². The Labute approximate surface area is 132 Å². The summed E-state index contributed by atoms with van der Waals surface area (Å²) in [4.78, 5) is 2.03. The van der Waals surface area contributed by atoms with E-state index in [0.29, 0.717) is 0 Å². The molecule has 0 saturated carbocycles. The molecule has 20 heavy (non-hydrogen) atoms. The van der Waals surface area contributed by atoms with Gasteiger partial charge in [0.25, 0.3) is 0 Å². The van der Waals surface area contributed by atoms with Crippen molar-refractivity contribution in [1.82, 2.24) is 0 Å². The molecule has 0 aliphatic heterocycles. The first-order valence-electron chi connectivity index (χ1n) is 6.67. The van der Waals surface area contributed by atoms with Gasteiger partial charge in [0.1, 0.15) is 0 Å². The molecule has 0 saturated heterocycles. The lowest BCUT2D eigenvalue weighted by atomic mass is 10.1. The lowest BCUT2D eigenvalue weighted by Crippen LogP contribution is -1.70. The zero-order chi connectivity index (χ0) is 14.8. The molecule has 0 heterocycles. The van der Waals surface area contributed by atoms with Gasteiger partial charge in [-0.25, -0.2) is 0 Å². The SMILES string of the molecule is CC.Sc1ccc2ccccc2c1.Sc1ccccc1. The quantitative estimate of drug-likeness (QED) is 0.458. The van der Waals surface area contributed by atoms with Gasteiger partial charge in [0.2, 0.25) is 0 Å². The smallest absolute Gasteiger partial charge is 0.00463 e.